The number of aliphatic hydroxyl groups is 1. The maximum absolute atomic E-state index is 12.8. The number of rotatable bonds is 6. The molecule has 1 N–H and O–H groups in total. The molecule has 0 saturated heterocycles. The third kappa shape index (κ3) is 3.41. The van der Waals surface area contributed by atoms with Crippen LogP contribution in [0.15, 0.2) is 24.3 Å². The SMILES string of the molecule is CN(CCCO)S(=O)(=O)N(C)c1ccc(F)cc1. The summed E-state index contributed by atoms with van der Waals surface area (Å²) in [5.74, 6) is -0.418. The molecule has 0 aliphatic rings. The monoisotopic (exact) mass is 276 g/mol. The van der Waals surface area contributed by atoms with Gasteiger partial charge in [0.2, 0.25) is 0 Å². The van der Waals surface area contributed by atoms with Crippen molar-refractivity contribution < 1.29 is 17.9 Å². The average Bonchev–Trinajstić information content (AvgIpc) is 2.35. The molecule has 0 saturated carbocycles. The molecule has 5 nitrogen and oxygen atoms in total. The van der Waals surface area contributed by atoms with Crippen molar-refractivity contribution in [2.45, 2.75) is 6.42 Å². The minimum Gasteiger partial charge on any atom is -0.396 e. The molecule has 0 fully saturated rings. The molecule has 0 aliphatic carbocycles. The molecule has 1 aromatic carbocycles. The lowest BCUT2D eigenvalue weighted by molar-refractivity contribution is 0.275. The zero-order valence-electron chi connectivity index (χ0n) is 10.4. The van der Waals surface area contributed by atoms with Crippen molar-refractivity contribution in [3.05, 3.63) is 30.1 Å². The fraction of sp³-hybridized carbons (Fsp3) is 0.455. The molecule has 0 heterocycles. The summed E-state index contributed by atoms with van der Waals surface area (Å²) in [4.78, 5) is 0. The molecular formula is C11H17FN2O3S. The van der Waals surface area contributed by atoms with Crippen molar-refractivity contribution in [3.8, 4) is 0 Å². The Bertz CT molecular complexity index is 476. The van der Waals surface area contributed by atoms with Gasteiger partial charge in [0.1, 0.15) is 5.82 Å². The van der Waals surface area contributed by atoms with E-state index in [4.69, 9.17) is 5.11 Å². The van der Waals surface area contributed by atoms with E-state index >= 15 is 0 Å². The number of nitrogens with zero attached hydrogens (tertiary/aromatic N) is 2. The number of benzene rings is 1. The van der Waals surface area contributed by atoms with Crippen LogP contribution in [0.25, 0.3) is 0 Å². The zero-order valence-corrected chi connectivity index (χ0v) is 11.2. The number of anilines is 1. The van der Waals surface area contributed by atoms with Gasteiger partial charge in [0.15, 0.2) is 0 Å². The van der Waals surface area contributed by atoms with Crippen LogP contribution in [-0.2, 0) is 10.2 Å². The summed E-state index contributed by atoms with van der Waals surface area (Å²) in [7, 11) is -0.808. The molecule has 0 spiro atoms. The second-order valence-corrected chi connectivity index (χ2v) is 5.92. The minimum atomic E-state index is -3.64. The Kier molecular flexibility index (Phi) is 5.06. The Hall–Kier alpha value is -1.18. The Morgan fingerprint density at radius 1 is 1.22 bits per heavy atom. The van der Waals surface area contributed by atoms with Crippen LogP contribution in [0.5, 0.6) is 0 Å². The van der Waals surface area contributed by atoms with Crippen LogP contribution in [-0.4, -0.2) is 45.1 Å². The molecule has 0 aromatic heterocycles. The largest absolute Gasteiger partial charge is 0.396 e. The number of aliphatic hydroxyl groups excluding tert-OH is 1. The highest BCUT2D eigenvalue weighted by Gasteiger charge is 2.23. The lowest BCUT2D eigenvalue weighted by Gasteiger charge is -2.25. The first kappa shape index (κ1) is 14.9. The van der Waals surface area contributed by atoms with Crippen molar-refractivity contribution in [1.82, 2.24) is 4.31 Å². The quantitative estimate of drug-likeness (QED) is 0.837. The van der Waals surface area contributed by atoms with Crippen LogP contribution in [0.1, 0.15) is 6.42 Å². The van der Waals surface area contributed by atoms with Gasteiger partial charge in [-0.1, -0.05) is 0 Å². The van der Waals surface area contributed by atoms with Crippen molar-refractivity contribution in [2.24, 2.45) is 0 Å². The lowest BCUT2D eigenvalue weighted by atomic mass is 10.3. The summed E-state index contributed by atoms with van der Waals surface area (Å²) in [5.41, 5.74) is 0.382. The minimum absolute atomic E-state index is 0.0693. The van der Waals surface area contributed by atoms with Gasteiger partial charge in [0.25, 0.3) is 0 Å². The second kappa shape index (κ2) is 6.12. The van der Waals surface area contributed by atoms with E-state index in [9.17, 15) is 12.8 Å². The van der Waals surface area contributed by atoms with Gasteiger partial charge in [-0.25, -0.2) is 4.39 Å². The van der Waals surface area contributed by atoms with E-state index in [0.717, 1.165) is 8.61 Å². The molecule has 0 aliphatic heterocycles. The molecular weight excluding hydrogens is 259 g/mol. The van der Waals surface area contributed by atoms with Gasteiger partial charge in [-0.2, -0.15) is 12.7 Å². The molecule has 18 heavy (non-hydrogen) atoms. The number of halogens is 1. The topological polar surface area (TPSA) is 60.9 Å². The summed E-state index contributed by atoms with van der Waals surface area (Å²) in [5, 5.41) is 8.69. The Labute approximate surface area is 107 Å². The first-order valence-electron chi connectivity index (χ1n) is 5.46. The lowest BCUT2D eigenvalue weighted by Crippen LogP contribution is -2.40. The van der Waals surface area contributed by atoms with Gasteiger partial charge in [0.05, 0.1) is 5.69 Å². The van der Waals surface area contributed by atoms with Gasteiger partial charge in [0, 0.05) is 27.2 Å². The summed E-state index contributed by atoms with van der Waals surface area (Å²) in [6.45, 7) is 0.157. The van der Waals surface area contributed by atoms with Crippen LogP contribution in [0.2, 0.25) is 0 Å². The highest BCUT2D eigenvalue weighted by Crippen LogP contribution is 2.18. The predicted molar refractivity (Wildman–Crippen MR) is 68.1 cm³/mol. The van der Waals surface area contributed by atoms with Crippen LogP contribution in [0.3, 0.4) is 0 Å². The number of hydrogen-bond acceptors (Lipinski definition) is 3. The van der Waals surface area contributed by atoms with Crippen LogP contribution < -0.4 is 4.31 Å². The van der Waals surface area contributed by atoms with E-state index in [0.29, 0.717) is 12.1 Å². The normalized spacial score (nSPS) is 11.8. The summed E-state index contributed by atoms with van der Waals surface area (Å²) < 4.78 is 39.2. The van der Waals surface area contributed by atoms with Crippen LogP contribution in [0.4, 0.5) is 10.1 Å². The van der Waals surface area contributed by atoms with Crippen LogP contribution >= 0.6 is 0 Å². The molecule has 7 heteroatoms. The maximum atomic E-state index is 12.8. The van der Waals surface area contributed by atoms with E-state index in [1.54, 1.807) is 0 Å². The molecule has 1 aromatic rings. The van der Waals surface area contributed by atoms with E-state index in [1.807, 2.05) is 0 Å². The Balaban J connectivity index is 2.87. The fourth-order valence-corrected chi connectivity index (χ4v) is 2.57. The molecule has 0 bridgehead atoms. The summed E-state index contributed by atoms with van der Waals surface area (Å²) in [6.07, 6.45) is 0.368. The highest BCUT2D eigenvalue weighted by molar-refractivity contribution is 7.90. The van der Waals surface area contributed by atoms with E-state index in [-0.39, 0.29) is 13.2 Å². The molecule has 102 valence electrons. The maximum Gasteiger partial charge on any atom is 0.303 e. The summed E-state index contributed by atoms with van der Waals surface area (Å²) >= 11 is 0. The highest BCUT2D eigenvalue weighted by atomic mass is 32.2. The van der Waals surface area contributed by atoms with Gasteiger partial charge in [-0.3, -0.25) is 4.31 Å². The average molecular weight is 276 g/mol. The third-order valence-electron chi connectivity index (χ3n) is 2.56. The zero-order chi connectivity index (χ0) is 13.8. The predicted octanol–water partition coefficient (Wildman–Crippen LogP) is 0.821. The first-order chi connectivity index (χ1) is 8.39. The van der Waals surface area contributed by atoms with Crippen molar-refractivity contribution in [1.29, 1.82) is 0 Å². The molecule has 0 unspecified atom stereocenters. The summed E-state index contributed by atoms with van der Waals surface area (Å²) in [6, 6.07) is 5.20. The number of hydrogen-bond donors (Lipinski definition) is 1. The first-order valence-corrected chi connectivity index (χ1v) is 6.86. The van der Waals surface area contributed by atoms with E-state index in [2.05, 4.69) is 0 Å². The van der Waals surface area contributed by atoms with E-state index < -0.39 is 16.0 Å². The van der Waals surface area contributed by atoms with Crippen molar-refractivity contribution in [3.63, 3.8) is 0 Å². The van der Waals surface area contributed by atoms with E-state index in [1.165, 1.54) is 38.4 Å². The van der Waals surface area contributed by atoms with Gasteiger partial charge >= 0.3 is 10.2 Å². The van der Waals surface area contributed by atoms with Gasteiger partial charge in [-0.05, 0) is 30.7 Å². The molecule has 0 amide bonds. The Morgan fingerprint density at radius 3 is 2.28 bits per heavy atom. The smallest absolute Gasteiger partial charge is 0.303 e. The molecule has 1 rings (SSSR count). The van der Waals surface area contributed by atoms with Gasteiger partial charge < -0.3 is 5.11 Å². The Morgan fingerprint density at radius 2 is 1.78 bits per heavy atom. The van der Waals surface area contributed by atoms with Gasteiger partial charge in [-0.15, -0.1) is 0 Å². The molecule has 0 radical (unpaired) electrons. The second-order valence-electron chi connectivity index (χ2n) is 3.85. The van der Waals surface area contributed by atoms with Crippen molar-refractivity contribution >= 4 is 15.9 Å². The molecule has 0 atom stereocenters. The van der Waals surface area contributed by atoms with Crippen LogP contribution in [0, 0.1) is 5.82 Å². The standard InChI is InChI=1S/C11H17FN2O3S/c1-13(8-3-9-15)18(16,17)14(2)11-6-4-10(12)5-7-11/h4-7,15H,3,8-9H2,1-2H3. The fourth-order valence-electron chi connectivity index (χ4n) is 1.40. The third-order valence-corrected chi connectivity index (χ3v) is 4.43. The van der Waals surface area contributed by atoms with Crippen molar-refractivity contribution in [2.75, 3.05) is 31.6 Å².